The minimum Gasteiger partial charge on any atom is -0.346 e. The van der Waals surface area contributed by atoms with Crippen LogP contribution in [0.25, 0.3) is 6.08 Å². The molecule has 1 unspecified atom stereocenters. The molecule has 2 aliphatic rings. The van der Waals surface area contributed by atoms with Crippen molar-refractivity contribution >= 4 is 35.3 Å². The number of fused-ring (bicyclic) bond motifs is 1. The van der Waals surface area contributed by atoms with Crippen molar-refractivity contribution in [3.8, 4) is 0 Å². The molecule has 3 rings (SSSR count). The number of carbonyl (C=O) groups excluding carboxylic acids is 1. The van der Waals surface area contributed by atoms with Crippen LogP contribution in [0.4, 0.5) is 0 Å². The van der Waals surface area contributed by atoms with Crippen molar-refractivity contribution in [2.75, 3.05) is 26.7 Å². The summed E-state index contributed by atoms with van der Waals surface area (Å²) in [5.41, 5.74) is 1.76. The summed E-state index contributed by atoms with van der Waals surface area (Å²) in [6.45, 7) is 7.88. The maximum absolute atomic E-state index is 12.7. The van der Waals surface area contributed by atoms with Crippen molar-refractivity contribution in [2.45, 2.75) is 38.6 Å². The largest absolute Gasteiger partial charge is 0.346 e. The first-order chi connectivity index (χ1) is 12.9. The third kappa shape index (κ3) is 4.24. The zero-order chi connectivity index (χ0) is 19.6. The lowest BCUT2D eigenvalue weighted by Gasteiger charge is -2.25. The Morgan fingerprint density at radius 1 is 1.44 bits per heavy atom. The zero-order valence-corrected chi connectivity index (χ0v) is 17.0. The Kier molecular flexibility index (Phi) is 5.99. The quantitative estimate of drug-likeness (QED) is 0.724. The predicted molar refractivity (Wildman–Crippen MR) is 109 cm³/mol. The molecule has 146 valence electrons. The van der Waals surface area contributed by atoms with Crippen LogP contribution in [0.5, 0.6) is 0 Å². The molecule has 3 heterocycles. The van der Waals surface area contributed by atoms with Gasteiger partial charge < -0.3 is 15.2 Å². The molecule has 8 heteroatoms. The Morgan fingerprint density at radius 3 is 2.93 bits per heavy atom. The lowest BCUT2D eigenvalue weighted by atomic mass is 10.0. The number of alkyl halides is 1. The lowest BCUT2D eigenvalue weighted by molar-refractivity contribution is -0.131. The molecular weight excluding hydrogens is 364 g/mol. The van der Waals surface area contributed by atoms with E-state index in [2.05, 4.69) is 20.3 Å². The van der Waals surface area contributed by atoms with Gasteiger partial charge in [0, 0.05) is 43.5 Å². The van der Waals surface area contributed by atoms with Crippen molar-refractivity contribution in [1.29, 1.82) is 0 Å². The van der Waals surface area contributed by atoms with Gasteiger partial charge in [0.05, 0.1) is 11.9 Å². The molecule has 2 atom stereocenters. The van der Waals surface area contributed by atoms with Gasteiger partial charge in [-0.15, -0.1) is 11.6 Å². The number of hydrogen-bond donors (Lipinski definition) is 2. The van der Waals surface area contributed by atoms with Gasteiger partial charge >= 0.3 is 0 Å². The number of amidine groups is 2. The second-order valence-corrected chi connectivity index (χ2v) is 7.77. The fraction of sp³-hybridized carbons (Fsp3) is 0.579. The van der Waals surface area contributed by atoms with Gasteiger partial charge in [-0.05, 0) is 12.8 Å². The van der Waals surface area contributed by atoms with E-state index in [-0.39, 0.29) is 17.2 Å². The minimum atomic E-state index is -0.397. The van der Waals surface area contributed by atoms with E-state index in [1.54, 1.807) is 4.90 Å². The number of likely N-dealkylation sites (N-methyl/N-ethyl adjacent to an activating group) is 1. The van der Waals surface area contributed by atoms with Crippen molar-refractivity contribution in [3.05, 3.63) is 22.5 Å². The van der Waals surface area contributed by atoms with Crippen LogP contribution in [0.3, 0.4) is 0 Å². The lowest BCUT2D eigenvalue weighted by Crippen LogP contribution is -2.43. The Balaban J connectivity index is 1.87. The Bertz CT molecular complexity index is 885. The highest BCUT2D eigenvalue weighted by molar-refractivity contribution is 6.24. The van der Waals surface area contributed by atoms with Gasteiger partial charge in [-0.3, -0.25) is 19.8 Å². The molecule has 1 aromatic heterocycles. The summed E-state index contributed by atoms with van der Waals surface area (Å²) in [7, 11) is 1.81. The summed E-state index contributed by atoms with van der Waals surface area (Å²) in [5, 5.41) is 4.18. The third-order valence-corrected chi connectivity index (χ3v) is 5.10. The first-order valence-corrected chi connectivity index (χ1v) is 9.85. The van der Waals surface area contributed by atoms with Crippen LogP contribution < -0.4 is 16.0 Å². The molecule has 0 aliphatic carbocycles. The van der Waals surface area contributed by atoms with E-state index in [9.17, 15) is 4.79 Å². The van der Waals surface area contributed by atoms with Crippen LogP contribution in [-0.4, -0.2) is 65.6 Å². The van der Waals surface area contributed by atoms with Crippen molar-refractivity contribution < 1.29 is 4.79 Å². The highest BCUT2D eigenvalue weighted by atomic mass is 35.5. The van der Waals surface area contributed by atoms with E-state index in [1.807, 2.05) is 40.1 Å². The summed E-state index contributed by atoms with van der Waals surface area (Å²) in [6, 6.07) is -0.397. The summed E-state index contributed by atoms with van der Waals surface area (Å²) >= 11 is 6.23. The average Bonchev–Trinajstić information content (AvgIpc) is 3.08. The number of halogens is 1. The number of amides is 1. The number of rotatable bonds is 5. The van der Waals surface area contributed by atoms with E-state index >= 15 is 0 Å². The van der Waals surface area contributed by atoms with E-state index < -0.39 is 6.04 Å². The van der Waals surface area contributed by atoms with Crippen LogP contribution in [0, 0.1) is 5.92 Å². The van der Waals surface area contributed by atoms with Crippen LogP contribution in [-0.2, 0) is 4.79 Å². The first-order valence-electron chi connectivity index (χ1n) is 9.42. The molecule has 1 aromatic rings. The van der Waals surface area contributed by atoms with E-state index in [0.29, 0.717) is 26.1 Å². The highest BCUT2D eigenvalue weighted by Crippen LogP contribution is 2.12. The molecule has 2 N–H and O–H groups in total. The van der Waals surface area contributed by atoms with Crippen molar-refractivity contribution in [3.63, 3.8) is 0 Å². The molecule has 0 bridgehead atoms. The molecule has 27 heavy (non-hydrogen) atoms. The van der Waals surface area contributed by atoms with Crippen LogP contribution in [0.1, 0.15) is 32.8 Å². The van der Waals surface area contributed by atoms with Gasteiger partial charge in [0.2, 0.25) is 5.91 Å². The maximum atomic E-state index is 12.7. The molecule has 0 radical (unpaired) electrons. The number of H-pyrrole nitrogens is 1. The number of aromatic nitrogens is 1. The molecule has 0 saturated heterocycles. The summed E-state index contributed by atoms with van der Waals surface area (Å²) in [5.74, 6) is 1.70. The number of aromatic amines is 1. The number of carbonyl (C=O) groups is 1. The van der Waals surface area contributed by atoms with Gasteiger partial charge in [-0.1, -0.05) is 19.9 Å². The van der Waals surface area contributed by atoms with Gasteiger partial charge in [-0.2, -0.15) is 0 Å². The molecule has 0 spiro atoms. The second-order valence-electron chi connectivity index (χ2n) is 7.21. The van der Waals surface area contributed by atoms with E-state index in [4.69, 9.17) is 16.6 Å². The van der Waals surface area contributed by atoms with Crippen LogP contribution >= 0.6 is 11.6 Å². The van der Waals surface area contributed by atoms with Gasteiger partial charge in [0.1, 0.15) is 23.2 Å². The predicted octanol–water partition coefficient (Wildman–Crippen LogP) is 0.677. The second kappa shape index (κ2) is 8.25. The van der Waals surface area contributed by atoms with E-state index in [1.165, 1.54) is 0 Å². The molecule has 0 fully saturated rings. The monoisotopic (exact) mass is 390 g/mol. The topological polar surface area (TPSA) is 85.2 Å². The van der Waals surface area contributed by atoms with Gasteiger partial charge in [0.15, 0.2) is 0 Å². The maximum Gasteiger partial charge on any atom is 0.247 e. The molecule has 7 nitrogen and oxygen atoms in total. The highest BCUT2D eigenvalue weighted by Gasteiger charge is 2.26. The third-order valence-electron chi connectivity index (χ3n) is 4.84. The molecular formula is C19H27ClN6O. The normalized spacial score (nSPS) is 21.6. The zero-order valence-electron chi connectivity index (χ0n) is 16.3. The average molecular weight is 391 g/mol. The molecule has 0 saturated carbocycles. The number of hydrogen-bond acceptors (Lipinski definition) is 4. The fourth-order valence-corrected chi connectivity index (χ4v) is 3.33. The Morgan fingerprint density at radius 2 is 2.22 bits per heavy atom. The summed E-state index contributed by atoms with van der Waals surface area (Å²) in [4.78, 5) is 31.4. The van der Waals surface area contributed by atoms with Crippen molar-refractivity contribution in [1.82, 2.24) is 15.2 Å². The fourth-order valence-electron chi connectivity index (χ4n) is 3.13. The van der Waals surface area contributed by atoms with Crippen LogP contribution in [0.15, 0.2) is 21.2 Å². The molecule has 1 amide bonds. The van der Waals surface area contributed by atoms with Crippen LogP contribution in [0.2, 0.25) is 0 Å². The number of aliphatic imine (C=N–C) groups is 2. The smallest absolute Gasteiger partial charge is 0.247 e. The Labute approximate surface area is 164 Å². The minimum absolute atomic E-state index is 0.0435. The first kappa shape index (κ1) is 19.6. The standard InChI is InChI=1S/C19H27ClN6O/c1-5-26(4)19(27)16(11(2)3)24-15-6-7-21-18(25-15)14-10-23-17-13(14)8-12(20)9-22-17/h8,10-12,16H,5-7,9H2,1-4H3,(H,22,23)(H,21,24,25)/t12?,16-/m1/s1. The number of nitrogens with zero attached hydrogens (tertiary/aromatic N) is 4. The van der Waals surface area contributed by atoms with Gasteiger partial charge in [-0.25, -0.2) is 0 Å². The van der Waals surface area contributed by atoms with E-state index in [0.717, 1.165) is 27.9 Å². The molecule has 0 aromatic carbocycles. The summed E-state index contributed by atoms with van der Waals surface area (Å²) in [6.07, 6.45) is 4.58. The number of nitrogens with one attached hydrogen (secondary N) is 2. The summed E-state index contributed by atoms with van der Waals surface area (Å²) < 4.78 is 0. The Hall–Kier alpha value is -2.15. The van der Waals surface area contributed by atoms with Gasteiger partial charge in [0.25, 0.3) is 0 Å². The van der Waals surface area contributed by atoms with Crippen molar-refractivity contribution in [2.24, 2.45) is 20.9 Å². The SMILES string of the molecule is CCN(C)C(=O)[C@H](N=C1CCN=C(c2c[nH]c3c2=CC(Cl)CN=3)N1)C(C)C. The molecule has 2 aliphatic heterocycles.